The lowest BCUT2D eigenvalue weighted by atomic mass is 9.99. The molecule has 0 spiro atoms. The van der Waals surface area contributed by atoms with Crippen LogP contribution in [0.25, 0.3) is 6.08 Å². The van der Waals surface area contributed by atoms with Crippen molar-refractivity contribution >= 4 is 17.7 Å². The monoisotopic (exact) mass is 452 g/mol. The highest BCUT2D eigenvalue weighted by atomic mass is 16.5. The van der Waals surface area contributed by atoms with Crippen molar-refractivity contribution in [2.24, 2.45) is 5.92 Å². The van der Waals surface area contributed by atoms with Gasteiger partial charge in [0.15, 0.2) is 0 Å². The molecule has 2 aliphatic heterocycles. The van der Waals surface area contributed by atoms with Gasteiger partial charge >= 0.3 is 0 Å². The Morgan fingerprint density at radius 2 is 1.94 bits per heavy atom. The first-order chi connectivity index (χ1) is 16.1. The van der Waals surface area contributed by atoms with E-state index in [2.05, 4.69) is 80.4 Å². The van der Waals surface area contributed by atoms with Crippen molar-refractivity contribution in [3.05, 3.63) is 47.6 Å². The van der Waals surface area contributed by atoms with Crippen LogP contribution in [-0.2, 0) is 28.9 Å². The van der Waals surface area contributed by atoms with E-state index in [1.54, 1.807) is 0 Å². The Hall–Kier alpha value is -2.71. The van der Waals surface area contributed by atoms with Gasteiger partial charge in [0.25, 0.3) is 0 Å². The highest BCUT2D eigenvalue weighted by Gasteiger charge is 2.22. The summed E-state index contributed by atoms with van der Waals surface area (Å²) in [6, 6.07) is 8.60. The van der Waals surface area contributed by atoms with Gasteiger partial charge in [0.2, 0.25) is 5.91 Å². The fourth-order valence-electron chi connectivity index (χ4n) is 4.42. The van der Waals surface area contributed by atoms with Gasteiger partial charge in [-0.15, -0.1) is 10.2 Å². The minimum atomic E-state index is 0.0850. The average Bonchev–Trinajstić information content (AvgIpc) is 3.11. The molecule has 2 aromatic rings. The molecule has 0 saturated carbocycles. The van der Waals surface area contributed by atoms with Gasteiger partial charge in [0, 0.05) is 84.5 Å². The van der Waals surface area contributed by atoms with E-state index in [4.69, 9.17) is 4.74 Å². The third-order valence-electron chi connectivity index (χ3n) is 6.52. The number of nitrogens with zero attached hydrogens (tertiary/aromatic N) is 5. The summed E-state index contributed by atoms with van der Waals surface area (Å²) in [7, 11) is 4.11. The first kappa shape index (κ1) is 23.4. The van der Waals surface area contributed by atoms with Crippen LogP contribution in [0.15, 0.2) is 30.3 Å². The molecule has 0 radical (unpaired) electrons. The fourth-order valence-corrected chi connectivity index (χ4v) is 4.42. The molecule has 8 heteroatoms. The topological polar surface area (TPSA) is 75.5 Å². The number of nitrogens with one attached hydrogen (secondary N) is 1. The number of hydrogen-bond acceptors (Lipinski definition) is 6. The van der Waals surface area contributed by atoms with Crippen molar-refractivity contribution in [2.45, 2.75) is 32.2 Å². The lowest BCUT2D eigenvalue weighted by molar-refractivity contribution is -0.127. The summed E-state index contributed by atoms with van der Waals surface area (Å²) in [4.78, 5) is 16.9. The molecule has 3 heterocycles. The quantitative estimate of drug-likeness (QED) is 0.660. The molecule has 0 bridgehead atoms. The van der Waals surface area contributed by atoms with E-state index >= 15 is 0 Å². The minimum absolute atomic E-state index is 0.0850. The molecule has 0 atom stereocenters. The van der Waals surface area contributed by atoms with Gasteiger partial charge in [-0.3, -0.25) is 9.69 Å². The SMILES string of the molecule is CN(C)c1ccc(C=CCN2CCc3nnc(CCNC(=O)C4CCOCC4)n3CC2)cc1. The van der Waals surface area contributed by atoms with Crippen LogP contribution in [0.2, 0.25) is 0 Å². The van der Waals surface area contributed by atoms with Crippen LogP contribution in [-0.4, -0.2) is 79.1 Å². The summed E-state index contributed by atoms with van der Waals surface area (Å²) < 4.78 is 7.58. The maximum absolute atomic E-state index is 12.3. The molecule has 4 rings (SSSR count). The second-order valence-electron chi connectivity index (χ2n) is 9.05. The zero-order valence-corrected chi connectivity index (χ0v) is 19.9. The summed E-state index contributed by atoms with van der Waals surface area (Å²) in [6.45, 7) is 5.72. The molecule has 0 aliphatic carbocycles. The number of ether oxygens (including phenoxy) is 1. The zero-order chi connectivity index (χ0) is 23.0. The van der Waals surface area contributed by atoms with E-state index in [9.17, 15) is 4.79 Å². The van der Waals surface area contributed by atoms with Gasteiger partial charge in [-0.25, -0.2) is 0 Å². The minimum Gasteiger partial charge on any atom is -0.381 e. The van der Waals surface area contributed by atoms with Gasteiger partial charge in [0.05, 0.1) is 0 Å². The van der Waals surface area contributed by atoms with Crippen LogP contribution in [0.3, 0.4) is 0 Å². The second-order valence-corrected chi connectivity index (χ2v) is 9.05. The van der Waals surface area contributed by atoms with Crippen LogP contribution in [0.4, 0.5) is 5.69 Å². The Morgan fingerprint density at radius 3 is 2.70 bits per heavy atom. The molecule has 1 aromatic heterocycles. The maximum Gasteiger partial charge on any atom is 0.223 e. The third-order valence-corrected chi connectivity index (χ3v) is 6.52. The lowest BCUT2D eigenvalue weighted by Gasteiger charge is -2.21. The third kappa shape index (κ3) is 6.42. The van der Waals surface area contributed by atoms with E-state index in [0.717, 1.165) is 57.1 Å². The Labute approximate surface area is 196 Å². The van der Waals surface area contributed by atoms with Crippen LogP contribution in [0.1, 0.15) is 30.1 Å². The summed E-state index contributed by atoms with van der Waals surface area (Å²) in [5.41, 5.74) is 2.43. The smallest absolute Gasteiger partial charge is 0.223 e. The molecular weight excluding hydrogens is 416 g/mol. The Kier molecular flexibility index (Phi) is 8.12. The fraction of sp³-hybridized carbons (Fsp3) is 0.560. The molecule has 1 saturated heterocycles. The Morgan fingerprint density at radius 1 is 1.15 bits per heavy atom. The molecule has 1 aromatic carbocycles. The molecule has 33 heavy (non-hydrogen) atoms. The number of hydrogen-bond donors (Lipinski definition) is 1. The van der Waals surface area contributed by atoms with Gasteiger partial charge in [-0.1, -0.05) is 24.3 Å². The average molecular weight is 453 g/mol. The summed E-state index contributed by atoms with van der Waals surface area (Å²) >= 11 is 0. The van der Waals surface area contributed by atoms with Gasteiger partial charge in [-0.05, 0) is 30.5 Å². The van der Waals surface area contributed by atoms with E-state index in [-0.39, 0.29) is 11.8 Å². The van der Waals surface area contributed by atoms with Crippen molar-refractivity contribution in [2.75, 3.05) is 58.4 Å². The molecule has 1 fully saturated rings. The molecule has 1 amide bonds. The van der Waals surface area contributed by atoms with Crippen molar-refractivity contribution in [3.8, 4) is 0 Å². The zero-order valence-electron chi connectivity index (χ0n) is 19.9. The van der Waals surface area contributed by atoms with Crippen molar-refractivity contribution in [1.29, 1.82) is 0 Å². The van der Waals surface area contributed by atoms with E-state index in [0.29, 0.717) is 26.2 Å². The standard InChI is InChI=1S/C25H36N6O2/c1-29(2)22-7-5-20(6-8-22)4-3-14-30-15-10-24-28-27-23(31(24)17-16-30)9-13-26-25(32)21-11-18-33-19-12-21/h3-8,21H,9-19H2,1-2H3,(H,26,32). The Bertz CT molecular complexity index is 931. The number of carbonyl (C=O) groups is 1. The molecule has 178 valence electrons. The Balaban J connectivity index is 1.23. The largest absolute Gasteiger partial charge is 0.381 e. The predicted molar refractivity (Wildman–Crippen MR) is 130 cm³/mol. The first-order valence-corrected chi connectivity index (χ1v) is 12.0. The molecule has 8 nitrogen and oxygen atoms in total. The summed E-state index contributed by atoms with van der Waals surface area (Å²) in [5, 5.41) is 11.9. The van der Waals surface area contributed by atoms with Crippen LogP contribution in [0, 0.1) is 5.92 Å². The molecule has 0 unspecified atom stereocenters. The number of rotatable bonds is 8. The molecular formula is C25H36N6O2. The summed E-state index contributed by atoms with van der Waals surface area (Å²) in [5.74, 6) is 2.24. The lowest BCUT2D eigenvalue weighted by Crippen LogP contribution is -2.35. The van der Waals surface area contributed by atoms with Crippen LogP contribution >= 0.6 is 0 Å². The number of fused-ring (bicyclic) bond motifs is 1. The van der Waals surface area contributed by atoms with Crippen molar-refractivity contribution in [1.82, 2.24) is 25.0 Å². The van der Waals surface area contributed by atoms with Gasteiger partial charge in [0.1, 0.15) is 11.6 Å². The number of carbonyl (C=O) groups excluding carboxylic acids is 1. The highest BCUT2D eigenvalue weighted by molar-refractivity contribution is 5.78. The van der Waals surface area contributed by atoms with E-state index in [1.807, 2.05) is 0 Å². The van der Waals surface area contributed by atoms with Crippen LogP contribution < -0.4 is 10.2 Å². The maximum atomic E-state index is 12.3. The van der Waals surface area contributed by atoms with Crippen molar-refractivity contribution in [3.63, 3.8) is 0 Å². The van der Waals surface area contributed by atoms with E-state index in [1.165, 1.54) is 11.3 Å². The first-order valence-electron chi connectivity index (χ1n) is 12.0. The second kappa shape index (κ2) is 11.4. The number of aromatic nitrogens is 3. The predicted octanol–water partition coefficient (Wildman–Crippen LogP) is 2.00. The van der Waals surface area contributed by atoms with Gasteiger partial charge in [-0.2, -0.15) is 0 Å². The van der Waals surface area contributed by atoms with Gasteiger partial charge < -0.3 is 19.5 Å². The highest BCUT2D eigenvalue weighted by Crippen LogP contribution is 2.15. The molecule has 2 aliphatic rings. The number of amides is 1. The van der Waals surface area contributed by atoms with Crippen LogP contribution in [0.5, 0.6) is 0 Å². The number of benzene rings is 1. The normalized spacial score (nSPS) is 17.6. The van der Waals surface area contributed by atoms with E-state index < -0.39 is 0 Å². The summed E-state index contributed by atoms with van der Waals surface area (Å²) in [6.07, 6.45) is 7.67. The van der Waals surface area contributed by atoms with Crippen molar-refractivity contribution < 1.29 is 9.53 Å². The molecule has 1 N–H and O–H groups in total. The number of anilines is 1.